The van der Waals surface area contributed by atoms with Gasteiger partial charge in [0.2, 0.25) is 5.91 Å². The molecule has 2 aromatic rings. The topological polar surface area (TPSA) is 49.6 Å². The Hall–Kier alpha value is -2.35. The van der Waals surface area contributed by atoms with E-state index in [4.69, 9.17) is 4.52 Å². The first-order chi connectivity index (χ1) is 12.3. The maximum absolute atomic E-state index is 12.6. The largest absolute Gasteiger partial charge is 0.416 e. The smallest absolute Gasteiger partial charge is 0.361 e. The molecule has 0 N–H and O–H groups in total. The van der Waals surface area contributed by atoms with Crippen molar-refractivity contribution in [1.29, 1.82) is 0 Å². The summed E-state index contributed by atoms with van der Waals surface area (Å²) < 4.78 is 42.8. The van der Waals surface area contributed by atoms with Crippen LogP contribution in [0, 0.1) is 6.92 Å². The van der Waals surface area contributed by atoms with Gasteiger partial charge >= 0.3 is 6.18 Å². The summed E-state index contributed by atoms with van der Waals surface area (Å²) in [4.78, 5) is 16.4. The van der Waals surface area contributed by atoms with Crippen molar-refractivity contribution in [2.75, 3.05) is 26.2 Å². The molecule has 1 amide bonds. The zero-order valence-electron chi connectivity index (χ0n) is 14.4. The molecule has 0 spiro atoms. The molecule has 140 valence electrons. The predicted octanol–water partition coefficient (Wildman–Crippen LogP) is 2.89. The van der Waals surface area contributed by atoms with E-state index in [-0.39, 0.29) is 12.3 Å². The van der Waals surface area contributed by atoms with Crippen molar-refractivity contribution in [3.05, 3.63) is 52.9 Å². The number of benzene rings is 1. The number of amides is 1. The van der Waals surface area contributed by atoms with Crippen LogP contribution in [0.4, 0.5) is 13.2 Å². The van der Waals surface area contributed by atoms with E-state index in [0.29, 0.717) is 18.7 Å². The van der Waals surface area contributed by atoms with Gasteiger partial charge in [0.25, 0.3) is 0 Å². The Balaban J connectivity index is 1.50. The Morgan fingerprint density at radius 2 is 1.81 bits per heavy atom. The molecular weight excluding hydrogens is 347 g/mol. The second-order valence-corrected chi connectivity index (χ2v) is 6.44. The molecule has 0 aliphatic carbocycles. The van der Waals surface area contributed by atoms with Crippen molar-refractivity contribution < 1.29 is 22.5 Å². The fourth-order valence-electron chi connectivity index (χ4n) is 2.97. The van der Waals surface area contributed by atoms with E-state index in [1.807, 2.05) is 6.92 Å². The van der Waals surface area contributed by atoms with Gasteiger partial charge in [-0.1, -0.05) is 17.3 Å². The number of hydrogen-bond acceptors (Lipinski definition) is 4. The van der Waals surface area contributed by atoms with Gasteiger partial charge in [0, 0.05) is 38.3 Å². The predicted molar refractivity (Wildman–Crippen MR) is 88.2 cm³/mol. The quantitative estimate of drug-likeness (QED) is 0.834. The second kappa shape index (κ2) is 7.49. The number of carbonyl (C=O) groups excluding carboxylic acids is 1. The fraction of sp³-hybridized carbons (Fsp3) is 0.444. The number of rotatable bonds is 4. The van der Waals surface area contributed by atoms with Gasteiger partial charge < -0.3 is 9.42 Å². The minimum absolute atomic E-state index is 0.0643. The van der Waals surface area contributed by atoms with Gasteiger partial charge in [-0.15, -0.1) is 0 Å². The average molecular weight is 367 g/mol. The minimum atomic E-state index is -4.36. The molecule has 26 heavy (non-hydrogen) atoms. The summed E-state index contributed by atoms with van der Waals surface area (Å²) in [5, 5.41) is 3.76. The first-order valence-electron chi connectivity index (χ1n) is 8.39. The maximum Gasteiger partial charge on any atom is 0.416 e. The van der Waals surface area contributed by atoms with Crippen LogP contribution in [0.1, 0.15) is 22.5 Å². The molecule has 3 rings (SSSR count). The molecule has 1 saturated heterocycles. The van der Waals surface area contributed by atoms with Gasteiger partial charge in [-0.3, -0.25) is 9.69 Å². The van der Waals surface area contributed by atoms with Gasteiger partial charge in [-0.25, -0.2) is 0 Å². The molecule has 0 bridgehead atoms. The fourth-order valence-corrected chi connectivity index (χ4v) is 2.97. The third-order valence-corrected chi connectivity index (χ3v) is 4.61. The van der Waals surface area contributed by atoms with Crippen LogP contribution in [0.2, 0.25) is 0 Å². The lowest BCUT2D eigenvalue weighted by molar-refractivity contribution is -0.137. The van der Waals surface area contributed by atoms with Crippen LogP contribution >= 0.6 is 0 Å². The van der Waals surface area contributed by atoms with E-state index in [1.165, 1.54) is 12.1 Å². The molecule has 1 aromatic carbocycles. The van der Waals surface area contributed by atoms with E-state index in [0.717, 1.165) is 43.1 Å². The molecule has 8 heteroatoms. The van der Waals surface area contributed by atoms with Crippen LogP contribution in [0.3, 0.4) is 0 Å². The maximum atomic E-state index is 12.6. The lowest BCUT2D eigenvalue weighted by Crippen LogP contribution is -2.48. The summed E-state index contributed by atoms with van der Waals surface area (Å²) in [6.45, 7) is 5.28. The van der Waals surface area contributed by atoms with Crippen molar-refractivity contribution in [3.8, 4) is 0 Å². The van der Waals surface area contributed by atoms with Crippen molar-refractivity contribution >= 4 is 5.91 Å². The number of aromatic nitrogens is 1. The van der Waals surface area contributed by atoms with E-state index in [9.17, 15) is 18.0 Å². The monoisotopic (exact) mass is 367 g/mol. The summed E-state index contributed by atoms with van der Waals surface area (Å²) in [5.41, 5.74) is 0.923. The summed E-state index contributed by atoms with van der Waals surface area (Å²) in [6.07, 6.45) is -2.54. The molecule has 1 aromatic heterocycles. The summed E-state index contributed by atoms with van der Waals surface area (Å²) in [6, 6.07) is 4.76. The SMILES string of the molecule is Cc1oncc1CN1CCN(C(=O)Cc2ccc(C(F)(F)F)cc2)CC1. The minimum Gasteiger partial charge on any atom is -0.361 e. The van der Waals surface area contributed by atoms with Crippen LogP contribution in [0.15, 0.2) is 35.0 Å². The first kappa shape index (κ1) is 18.4. The molecule has 1 aliphatic rings. The van der Waals surface area contributed by atoms with E-state index < -0.39 is 11.7 Å². The lowest BCUT2D eigenvalue weighted by Gasteiger charge is -2.34. The van der Waals surface area contributed by atoms with Crippen molar-refractivity contribution in [2.45, 2.75) is 26.1 Å². The van der Waals surface area contributed by atoms with Gasteiger partial charge in [-0.05, 0) is 24.6 Å². The first-order valence-corrected chi connectivity index (χ1v) is 8.39. The van der Waals surface area contributed by atoms with Crippen LogP contribution in [-0.4, -0.2) is 47.0 Å². The number of halogens is 3. The molecule has 1 fully saturated rings. The molecule has 1 aliphatic heterocycles. The lowest BCUT2D eigenvalue weighted by atomic mass is 10.1. The Labute approximate surface area is 149 Å². The van der Waals surface area contributed by atoms with Gasteiger partial charge in [0.1, 0.15) is 5.76 Å². The number of carbonyl (C=O) groups is 1. The van der Waals surface area contributed by atoms with Crippen molar-refractivity contribution in [3.63, 3.8) is 0 Å². The van der Waals surface area contributed by atoms with Crippen LogP contribution < -0.4 is 0 Å². The van der Waals surface area contributed by atoms with E-state index in [2.05, 4.69) is 10.1 Å². The Bertz CT molecular complexity index is 748. The Morgan fingerprint density at radius 1 is 1.15 bits per heavy atom. The van der Waals surface area contributed by atoms with Gasteiger partial charge in [0.15, 0.2) is 0 Å². The zero-order chi connectivity index (χ0) is 18.7. The van der Waals surface area contributed by atoms with Crippen LogP contribution in [0.5, 0.6) is 0 Å². The molecule has 2 heterocycles. The molecule has 0 saturated carbocycles. The van der Waals surface area contributed by atoms with Crippen molar-refractivity contribution in [2.24, 2.45) is 0 Å². The molecule has 0 atom stereocenters. The number of aryl methyl sites for hydroxylation is 1. The molecular formula is C18H20F3N3O2. The zero-order valence-corrected chi connectivity index (χ0v) is 14.4. The second-order valence-electron chi connectivity index (χ2n) is 6.44. The average Bonchev–Trinajstić information content (AvgIpc) is 3.00. The summed E-state index contributed by atoms with van der Waals surface area (Å²) in [5.74, 6) is 0.733. The third kappa shape index (κ3) is 4.43. The Morgan fingerprint density at radius 3 is 2.35 bits per heavy atom. The number of nitrogens with zero attached hydrogens (tertiary/aromatic N) is 3. The molecule has 0 radical (unpaired) electrons. The summed E-state index contributed by atoms with van der Waals surface area (Å²) >= 11 is 0. The summed E-state index contributed by atoms with van der Waals surface area (Å²) in [7, 11) is 0. The standard InChI is InChI=1S/C18H20F3N3O2/c1-13-15(11-22-26-13)12-23-6-8-24(9-7-23)17(25)10-14-2-4-16(5-3-14)18(19,20)21/h2-5,11H,6-10,12H2,1H3. The highest BCUT2D eigenvalue weighted by Crippen LogP contribution is 2.29. The number of piperazine rings is 1. The van der Waals surface area contributed by atoms with Gasteiger partial charge in [-0.2, -0.15) is 13.2 Å². The normalized spacial score (nSPS) is 16.1. The van der Waals surface area contributed by atoms with E-state index in [1.54, 1.807) is 11.1 Å². The van der Waals surface area contributed by atoms with Crippen molar-refractivity contribution in [1.82, 2.24) is 15.0 Å². The van der Waals surface area contributed by atoms with E-state index >= 15 is 0 Å². The number of alkyl halides is 3. The Kier molecular flexibility index (Phi) is 5.31. The molecule has 0 unspecified atom stereocenters. The van der Waals surface area contributed by atoms with Crippen LogP contribution in [-0.2, 0) is 23.9 Å². The molecule has 5 nitrogen and oxygen atoms in total. The third-order valence-electron chi connectivity index (χ3n) is 4.61. The highest BCUT2D eigenvalue weighted by atomic mass is 19.4. The highest BCUT2D eigenvalue weighted by molar-refractivity contribution is 5.78. The van der Waals surface area contributed by atoms with Gasteiger partial charge in [0.05, 0.1) is 18.2 Å². The van der Waals surface area contributed by atoms with Crippen LogP contribution in [0.25, 0.3) is 0 Å². The number of hydrogen-bond donors (Lipinski definition) is 0. The highest BCUT2D eigenvalue weighted by Gasteiger charge is 2.30.